The lowest BCUT2D eigenvalue weighted by molar-refractivity contribution is 0.467. The third kappa shape index (κ3) is 0.828. The normalized spacial score (nSPS) is 43.9. The molecule has 2 rings (SSSR count). The van der Waals surface area contributed by atoms with E-state index in [9.17, 15) is 0 Å². The lowest BCUT2D eigenvalue weighted by Gasteiger charge is -2.17. The summed E-state index contributed by atoms with van der Waals surface area (Å²) >= 11 is 0. The Balaban J connectivity index is 2.19. The van der Waals surface area contributed by atoms with E-state index in [0.717, 1.165) is 18.3 Å². The van der Waals surface area contributed by atoms with Crippen molar-refractivity contribution in [1.29, 1.82) is 0 Å². The fourth-order valence-electron chi connectivity index (χ4n) is 1.87. The van der Waals surface area contributed by atoms with E-state index in [1.807, 2.05) is 0 Å². The van der Waals surface area contributed by atoms with Gasteiger partial charge in [-0.3, -0.25) is 0 Å². The molecule has 2 aliphatic carbocycles. The quantitative estimate of drug-likeness (QED) is 0.475. The maximum Gasteiger partial charge on any atom is -0.0130 e. The van der Waals surface area contributed by atoms with E-state index in [1.165, 1.54) is 0 Å². The second-order valence-electron chi connectivity index (χ2n) is 3.21. The second kappa shape index (κ2) is 2.26. The molecule has 10 heavy (non-hydrogen) atoms. The van der Waals surface area contributed by atoms with Crippen LogP contribution in [0.25, 0.3) is 0 Å². The molecule has 0 heteroatoms. The minimum Gasteiger partial charge on any atom is -0.0808 e. The predicted molar refractivity (Wildman–Crippen MR) is 42.3 cm³/mol. The van der Waals surface area contributed by atoms with Gasteiger partial charge in [0.05, 0.1) is 0 Å². The van der Waals surface area contributed by atoms with Crippen molar-refractivity contribution < 1.29 is 0 Å². The Kier molecular flexibility index (Phi) is 1.40. The Hall–Kier alpha value is -0.520. The van der Waals surface area contributed by atoms with Gasteiger partial charge in [-0.15, -0.1) is 0 Å². The van der Waals surface area contributed by atoms with Crippen LogP contribution in [-0.4, -0.2) is 0 Å². The highest BCUT2D eigenvalue weighted by molar-refractivity contribution is 5.19. The third-order valence-electron chi connectivity index (χ3n) is 2.55. The largest absolute Gasteiger partial charge is 0.0808 e. The summed E-state index contributed by atoms with van der Waals surface area (Å²) in [6.07, 6.45) is 13.6. The molecule has 3 unspecified atom stereocenters. The zero-order chi connectivity index (χ0) is 6.97. The van der Waals surface area contributed by atoms with Gasteiger partial charge in [0.25, 0.3) is 0 Å². The first kappa shape index (κ1) is 6.21. The molecule has 0 amide bonds. The first-order valence-electron chi connectivity index (χ1n) is 3.96. The van der Waals surface area contributed by atoms with Crippen molar-refractivity contribution in [1.82, 2.24) is 0 Å². The summed E-state index contributed by atoms with van der Waals surface area (Å²) in [5.41, 5.74) is 0. The van der Waals surface area contributed by atoms with Gasteiger partial charge in [0, 0.05) is 0 Å². The molecule has 52 valence electrons. The minimum absolute atomic E-state index is 0.672. The van der Waals surface area contributed by atoms with Crippen LogP contribution >= 0.6 is 0 Å². The van der Waals surface area contributed by atoms with E-state index >= 15 is 0 Å². The highest BCUT2D eigenvalue weighted by atomic mass is 14.3. The summed E-state index contributed by atoms with van der Waals surface area (Å²) < 4.78 is 0. The molecule has 0 nitrogen and oxygen atoms in total. The molecule has 0 aromatic carbocycles. The highest BCUT2D eigenvalue weighted by Crippen LogP contribution is 2.39. The standard InChI is InChI=1S/C10H12/c1-8-6-7-9-4-2-3-5-10(8)9/h2-5,8-10H,7H2,1H3. The third-order valence-corrected chi connectivity index (χ3v) is 2.55. The Morgan fingerprint density at radius 1 is 1.30 bits per heavy atom. The monoisotopic (exact) mass is 132 g/mol. The number of allylic oxidation sites excluding steroid dienone is 4. The molecule has 2 aliphatic rings. The van der Waals surface area contributed by atoms with Crippen LogP contribution < -0.4 is 0 Å². The van der Waals surface area contributed by atoms with E-state index in [4.69, 9.17) is 0 Å². The molecular weight excluding hydrogens is 120 g/mol. The summed E-state index contributed by atoms with van der Waals surface area (Å²) in [6.45, 7) is 2.26. The molecule has 0 aromatic rings. The summed E-state index contributed by atoms with van der Waals surface area (Å²) in [5, 5.41) is 0. The molecule has 0 bridgehead atoms. The minimum atomic E-state index is 0.672. The van der Waals surface area contributed by atoms with Crippen LogP contribution in [0.3, 0.4) is 0 Å². The Morgan fingerprint density at radius 3 is 2.90 bits per heavy atom. The number of fused-ring (bicyclic) bond motifs is 1. The van der Waals surface area contributed by atoms with Crippen LogP contribution in [0.4, 0.5) is 0 Å². The molecule has 0 saturated heterocycles. The van der Waals surface area contributed by atoms with Gasteiger partial charge >= 0.3 is 0 Å². The number of hydrogen-bond donors (Lipinski definition) is 0. The molecule has 0 heterocycles. The second-order valence-corrected chi connectivity index (χ2v) is 3.21. The van der Waals surface area contributed by atoms with Gasteiger partial charge in [0.2, 0.25) is 0 Å². The molecule has 0 aromatic heterocycles. The van der Waals surface area contributed by atoms with E-state index in [2.05, 4.69) is 37.6 Å². The van der Waals surface area contributed by atoms with Crippen molar-refractivity contribution in [3.05, 3.63) is 30.7 Å². The summed E-state index contributed by atoms with van der Waals surface area (Å²) in [7, 11) is 0. The van der Waals surface area contributed by atoms with Crippen molar-refractivity contribution in [3.63, 3.8) is 0 Å². The Labute approximate surface area is 62.6 Å². The van der Waals surface area contributed by atoms with Gasteiger partial charge in [-0.1, -0.05) is 31.2 Å². The zero-order valence-corrected chi connectivity index (χ0v) is 6.25. The van der Waals surface area contributed by atoms with Crippen LogP contribution in [0.1, 0.15) is 13.3 Å². The molecule has 1 fully saturated rings. The summed E-state index contributed by atoms with van der Waals surface area (Å²) in [4.78, 5) is 0. The molecule has 0 aliphatic heterocycles. The molecule has 2 radical (unpaired) electrons. The fraction of sp³-hybridized carbons (Fsp3) is 0.500. The van der Waals surface area contributed by atoms with Gasteiger partial charge in [0.1, 0.15) is 0 Å². The first-order chi connectivity index (χ1) is 4.88. The van der Waals surface area contributed by atoms with Gasteiger partial charge in [-0.2, -0.15) is 0 Å². The van der Waals surface area contributed by atoms with E-state index in [0.29, 0.717) is 5.92 Å². The molecule has 0 N–H and O–H groups in total. The highest BCUT2D eigenvalue weighted by Gasteiger charge is 2.30. The van der Waals surface area contributed by atoms with Gasteiger partial charge in [0.15, 0.2) is 0 Å². The average Bonchev–Trinajstić information content (AvgIpc) is 2.34. The lowest BCUT2D eigenvalue weighted by Crippen LogP contribution is -2.09. The maximum atomic E-state index is 3.46. The lowest BCUT2D eigenvalue weighted by atomic mass is 9.87. The van der Waals surface area contributed by atoms with Crippen molar-refractivity contribution >= 4 is 0 Å². The topological polar surface area (TPSA) is 0 Å². The molecular formula is C10H12. The Bertz CT molecular complexity index is 176. The predicted octanol–water partition coefficient (Wildman–Crippen LogP) is 2.47. The summed E-state index contributed by atoms with van der Waals surface area (Å²) in [5.74, 6) is 2.19. The van der Waals surface area contributed by atoms with Crippen LogP contribution in [0.15, 0.2) is 24.3 Å². The fourth-order valence-corrected chi connectivity index (χ4v) is 1.87. The number of rotatable bonds is 0. The van der Waals surface area contributed by atoms with E-state index < -0.39 is 0 Å². The van der Waals surface area contributed by atoms with Crippen LogP contribution in [0, 0.1) is 24.2 Å². The maximum absolute atomic E-state index is 3.46. The van der Waals surface area contributed by atoms with Crippen molar-refractivity contribution in [2.24, 2.45) is 17.8 Å². The Morgan fingerprint density at radius 2 is 2.10 bits per heavy atom. The van der Waals surface area contributed by atoms with Gasteiger partial charge in [-0.25, -0.2) is 0 Å². The van der Waals surface area contributed by atoms with E-state index in [1.54, 1.807) is 0 Å². The van der Waals surface area contributed by atoms with Crippen LogP contribution in [0.5, 0.6) is 0 Å². The van der Waals surface area contributed by atoms with Crippen molar-refractivity contribution in [2.45, 2.75) is 13.3 Å². The molecule has 3 atom stereocenters. The smallest absolute Gasteiger partial charge is 0.0130 e. The molecule has 1 saturated carbocycles. The van der Waals surface area contributed by atoms with Crippen LogP contribution in [-0.2, 0) is 0 Å². The summed E-state index contributed by atoms with van der Waals surface area (Å²) in [6, 6.07) is 0. The SMILES string of the molecule is CC1[C]CC2C=CC=CC12. The van der Waals surface area contributed by atoms with Crippen molar-refractivity contribution in [2.75, 3.05) is 0 Å². The zero-order valence-electron chi connectivity index (χ0n) is 6.25. The van der Waals surface area contributed by atoms with E-state index in [-0.39, 0.29) is 0 Å². The van der Waals surface area contributed by atoms with Gasteiger partial charge < -0.3 is 0 Å². The average molecular weight is 132 g/mol. The first-order valence-corrected chi connectivity index (χ1v) is 3.96. The van der Waals surface area contributed by atoms with Crippen molar-refractivity contribution in [3.8, 4) is 0 Å². The number of hydrogen-bond acceptors (Lipinski definition) is 0. The van der Waals surface area contributed by atoms with Gasteiger partial charge in [-0.05, 0) is 30.6 Å². The molecule has 0 spiro atoms. The van der Waals surface area contributed by atoms with Crippen LogP contribution in [0.2, 0.25) is 0 Å².